The summed E-state index contributed by atoms with van der Waals surface area (Å²) < 4.78 is 0. The molecule has 3 rings (SSSR count). The van der Waals surface area contributed by atoms with Crippen molar-refractivity contribution in [3.05, 3.63) is 68.9 Å². The van der Waals surface area contributed by atoms with Gasteiger partial charge in [0.1, 0.15) is 0 Å². The van der Waals surface area contributed by atoms with Gasteiger partial charge in [0.05, 0.1) is 0 Å². The molecule has 1 aromatic heterocycles. The predicted molar refractivity (Wildman–Crippen MR) is 80.0 cm³/mol. The van der Waals surface area contributed by atoms with Gasteiger partial charge in [-0.15, -0.1) is 0 Å². The zero-order valence-corrected chi connectivity index (χ0v) is 11.3. The third-order valence-corrected chi connectivity index (χ3v) is 3.52. The van der Waals surface area contributed by atoms with Crippen LogP contribution in [0.15, 0.2) is 53.3 Å². The molecule has 0 aliphatic carbocycles. The maximum absolute atomic E-state index is 11.3. The number of rotatable bonds is 1. The first-order valence-electron chi connectivity index (χ1n) is 5.72. The minimum absolute atomic E-state index is 0.119. The van der Waals surface area contributed by atoms with E-state index >= 15 is 0 Å². The molecule has 0 saturated carbocycles. The standard InChI is InChI=1S/C15H9Cl2NO/c16-11-4-5-12(13(17)8-11)10-2-1-9-3-6-15(19)18-14(9)7-10/h1-8H,(H,18,19). The Morgan fingerprint density at radius 2 is 1.68 bits per heavy atom. The Labute approximate surface area is 119 Å². The van der Waals surface area contributed by atoms with Crippen molar-refractivity contribution in [1.82, 2.24) is 4.98 Å². The van der Waals surface area contributed by atoms with Crippen molar-refractivity contribution in [1.29, 1.82) is 0 Å². The van der Waals surface area contributed by atoms with Gasteiger partial charge >= 0.3 is 0 Å². The number of H-pyrrole nitrogens is 1. The van der Waals surface area contributed by atoms with Crippen LogP contribution in [0.4, 0.5) is 0 Å². The Balaban J connectivity index is 2.22. The molecular formula is C15H9Cl2NO. The highest BCUT2D eigenvalue weighted by Crippen LogP contribution is 2.31. The summed E-state index contributed by atoms with van der Waals surface area (Å²) in [6.07, 6.45) is 0. The van der Waals surface area contributed by atoms with Crippen LogP contribution in [0.3, 0.4) is 0 Å². The molecule has 1 N–H and O–H groups in total. The zero-order chi connectivity index (χ0) is 13.4. The summed E-state index contributed by atoms with van der Waals surface area (Å²) in [4.78, 5) is 14.1. The molecule has 1 heterocycles. The Kier molecular flexibility index (Phi) is 3.05. The molecule has 19 heavy (non-hydrogen) atoms. The van der Waals surface area contributed by atoms with Crippen LogP contribution in [0.2, 0.25) is 10.0 Å². The maximum atomic E-state index is 11.3. The lowest BCUT2D eigenvalue weighted by molar-refractivity contribution is 1.31. The van der Waals surface area contributed by atoms with Gasteiger partial charge in [-0.25, -0.2) is 0 Å². The molecule has 4 heteroatoms. The molecule has 0 atom stereocenters. The number of pyridine rings is 1. The third-order valence-electron chi connectivity index (χ3n) is 2.97. The van der Waals surface area contributed by atoms with Crippen molar-refractivity contribution in [3.63, 3.8) is 0 Å². The summed E-state index contributed by atoms with van der Waals surface area (Å²) >= 11 is 12.1. The van der Waals surface area contributed by atoms with E-state index in [1.54, 1.807) is 18.2 Å². The highest BCUT2D eigenvalue weighted by molar-refractivity contribution is 6.36. The van der Waals surface area contributed by atoms with E-state index in [4.69, 9.17) is 23.2 Å². The van der Waals surface area contributed by atoms with Crippen molar-refractivity contribution in [3.8, 4) is 11.1 Å². The molecule has 2 aromatic carbocycles. The quantitative estimate of drug-likeness (QED) is 0.703. The van der Waals surface area contributed by atoms with Crippen LogP contribution < -0.4 is 5.56 Å². The van der Waals surface area contributed by atoms with Crippen molar-refractivity contribution in [2.75, 3.05) is 0 Å². The molecule has 94 valence electrons. The first-order valence-corrected chi connectivity index (χ1v) is 6.47. The lowest BCUT2D eigenvalue weighted by Gasteiger charge is -2.06. The third kappa shape index (κ3) is 2.37. The fourth-order valence-electron chi connectivity index (χ4n) is 2.04. The average molecular weight is 290 g/mol. The van der Waals surface area contributed by atoms with Crippen LogP contribution in [0.25, 0.3) is 22.0 Å². The second-order valence-corrected chi connectivity index (χ2v) is 5.09. The highest BCUT2D eigenvalue weighted by Gasteiger charge is 2.05. The molecule has 0 aliphatic heterocycles. The zero-order valence-electron chi connectivity index (χ0n) is 9.78. The number of aromatic amines is 1. The Bertz CT molecular complexity index is 824. The van der Waals surface area contributed by atoms with Gasteiger partial charge in [0.2, 0.25) is 5.56 Å². The SMILES string of the molecule is O=c1ccc2ccc(-c3ccc(Cl)cc3Cl)cc2[nH]1. The van der Waals surface area contributed by atoms with Gasteiger partial charge in [0.25, 0.3) is 0 Å². The van der Waals surface area contributed by atoms with Gasteiger partial charge in [0.15, 0.2) is 0 Å². The number of aromatic nitrogens is 1. The highest BCUT2D eigenvalue weighted by atomic mass is 35.5. The minimum Gasteiger partial charge on any atom is -0.322 e. The van der Waals surface area contributed by atoms with E-state index < -0.39 is 0 Å². The molecule has 0 unspecified atom stereocenters. The van der Waals surface area contributed by atoms with E-state index in [0.29, 0.717) is 10.0 Å². The van der Waals surface area contributed by atoms with Crippen LogP contribution in [0.5, 0.6) is 0 Å². The Morgan fingerprint density at radius 3 is 2.47 bits per heavy atom. The van der Waals surface area contributed by atoms with Gasteiger partial charge in [0, 0.05) is 27.2 Å². The maximum Gasteiger partial charge on any atom is 0.248 e. The van der Waals surface area contributed by atoms with Crippen LogP contribution in [-0.2, 0) is 0 Å². The first-order chi connectivity index (χ1) is 9.13. The van der Waals surface area contributed by atoms with Gasteiger partial charge < -0.3 is 4.98 Å². The molecule has 3 aromatic rings. The van der Waals surface area contributed by atoms with Crippen molar-refractivity contribution >= 4 is 34.1 Å². The largest absolute Gasteiger partial charge is 0.322 e. The van der Waals surface area contributed by atoms with Crippen LogP contribution in [0.1, 0.15) is 0 Å². The van der Waals surface area contributed by atoms with Gasteiger partial charge in [-0.05, 0) is 35.2 Å². The van der Waals surface area contributed by atoms with E-state index in [0.717, 1.165) is 22.0 Å². The van der Waals surface area contributed by atoms with Gasteiger partial charge in [-0.2, -0.15) is 0 Å². The van der Waals surface area contributed by atoms with E-state index in [-0.39, 0.29) is 5.56 Å². The molecule has 2 nitrogen and oxygen atoms in total. The van der Waals surface area contributed by atoms with Gasteiger partial charge in [-0.1, -0.05) is 41.4 Å². The van der Waals surface area contributed by atoms with Crippen molar-refractivity contribution in [2.24, 2.45) is 0 Å². The smallest absolute Gasteiger partial charge is 0.248 e. The van der Waals surface area contributed by atoms with E-state index in [2.05, 4.69) is 4.98 Å². The molecule has 0 radical (unpaired) electrons. The van der Waals surface area contributed by atoms with E-state index in [1.165, 1.54) is 6.07 Å². The first kappa shape index (κ1) is 12.3. The molecule has 0 saturated heterocycles. The Morgan fingerprint density at radius 1 is 0.895 bits per heavy atom. The molecule has 0 fully saturated rings. The van der Waals surface area contributed by atoms with Crippen molar-refractivity contribution in [2.45, 2.75) is 0 Å². The number of hydrogen-bond acceptors (Lipinski definition) is 1. The fourth-order valence-corrected chi connectivity index (χ4v) is 2.56. The van der Waals surface area contributed by atoms with Crippen LogP contribution >= 0.6 is 23.2 Å². The lowest BCUT2D eigenvalue weighted by atomic mass is 10.0. The minimum atomic E-state index is -0.119. The molecule has 0 amide bonds. The van der Waals surface area contributed by atoms with Gasteiger partial charge in [-0.3, -0.25) is 4.79 Å². The monoisotopic (exact) mass is 289 g/mol. The molecular weight excluding hydrogens is 281 g/mol. The number of benzene rings is 2. The van der Waals surface area contributed by atoms with Crippen LogP contribution in [0, 0.1) is 0 Å². The normalized spacial score (nSPS) is 10.8. The summed E-state index contributed by atoms with van der Waals surface area (Å²) in [5.74, 6) is 0. The summed E-state index contributed by atoms with van der Waals surface area (Å²) in [5.41, 5.74) is 2.50. The number of fused-ring (bicyclic) bond motifs is 1. The Hall–Kier alpha value is -1.77. The van der Waals surface area contributed by atoms with Crippen LogP contribution in [-0.4, -0.2) is 4.98 Å². The second kappa shape index (κ2) is 4.72. The fraction of sp³-hybridized carbons (Fsp3) is 0. The molecule has 0 bridgehead atoms. The molecule has 0 spiro atoms. The second-order valence-electron chi connectivity index (χ2n) is 4.25. The summed E-state index contributed by atoms with van der Waals surface area (Å²) in [5, 5.41) is 2.17. The summed E-state index contributed by atoms with van der Waals surface area (Å²) in [6, 6.07) is 14.5. The van der Waals surface area contributed by atoms with E-state index in [1.807, 2.05) is 24.3 Å². The summed E-state index contributed by atoms with van der Waals surface area (Å²) in [7, 11) is 0. The van der Waals surface area contributed by atoms with E-state index in [9.17, 15) is 4.79 Å². The number of hydrogen-bond donors (Lipinski definition) is 1. The lowest BCUT2D eigenvalue weighted by Crippen LogP contribution is -2.02. The topological polar surface area (TPSA) is 32.9 Å². The molecule has 0 aliphatic rings. The predicted octanol–water partition coefficient (Wildman–Crippen LogP) is 4.50. The number of nitrogens with one attached hydrogen (secondary N) is 1. The summed E-state index contributed by atoms with van der Waals surface area (Å²) in [6.45, 7) is 0. The van der Waals surface area contributed by atoms with Crippen molar-refractivity contribution < 1.29 is 0 Å². The number of halogens is 2. The average Bonchev–Trinajstić information content (AvgIpc) is 2.38.